The molecule has 1 heterocycles. The Morgan fingerprint density at radius 2 is 1.91 bits per heavy atom. The number of anilines is 1. The quantitative estimate of drug-likeness (QED) is 0.656. The van der Waals surface area contributed by atoms with E-state index in [1.54, 1.807) is 19.9 Å². The minimum Gasteiger partial charge on any atom is -0.366 e. The monoisotopic (exact) mass is 341 g/mol. The Morgan fingerprint density at radius 3 is 2.43 bits per heavy atom. The second-order valence-electron chi connectivity index (χ2n) is 6.35. The van der Waals surface area contributed by atoms with E-state index in [1.807, 2.05) is 4.90 Å². The SMILES string of the molecule is CC1CCN(c2ccc(S(=O)(=O)NC(C)C)cc2[N+](=O)[O-])CC1. The normalized spacial score (nSPS) is 16.8. The first-order chi connectivity index (χ1) is 10.7. The van der Waals surface area contributed by atoms with Crippen molar-refractivity contribution in [2.24, 2.45) is 5.92 Å². The number of nitrogens with zero attached hydrogens (tertiary/aromatic N) is 2. The second-order valence-corrected chi connectivity index (χ2v) is 8.07. The van der Waals surface area contributed by atoms with E-state index in [4.69, 9.17) is 0 Å². The van der Waals surface area contributed by atoms with E-state index < -0.39 is 14.9 Å². The largest absolute Gasteiger partial charge is 0.366 e. The Bertz CT molecular complexity index is 680. The zero-order chi connectivity index (χ0) is 17.2. The number of rotatable bonds is 5. The molecule has 2 rings (SSSR count). The number of nitrogens with one attached hydrogen (secondary N) is 1. The van der Waals surface area contributed by atoms with Gasteiger partial charge in [0.1, 0.15) is 5.69 Å². The van der Waals surface area contributed by atoms with Crippen LogP contribution in [0, 0.1) is 16.0 Å². The summed E-state index contributed by atoms with van der Waals surface area (Å²) >= 11 is 0. The summed E-state index contributed by atoms with van der Waals surface area (Å²) in [6.45, 7) is 7.07. The summed E-state index contributed by atoms with van der Waals surface area (Å²) in [6, 6.07) is 3.86. The fourth-order valence-corrected chi connectivity index (χ4v) is 3.98. The summed E-state index contributed by atoms with van der Waals surface area (Å²) in [6.07, 6.45) is 1.96. The topological polar surface area (TPSA) is 92.6 Å². The summed E-state index contributed by atoms with van der Waals surface area (Å²) in [5, 5.41) is 11.4. The summed E-state index contributed by atoms with van der Waals surface area (Å²) in [4.78, 5) is 12.8. The van der Waals surface area contributed by atoms with E-state index in [0.29, 0.717) is 11.6 Å². The maximum absolute atomic E-state index is 12.2. The lowest BCUT2D eigenvalue weighted by molar-refractivity contribution is -0.384. The van der Waals surface area contributed by atoms with Gasteiger partial charge in [0.05, 0.1) is 9.82 Å². The van der Waals surface area contributed by atoms with Crippen LogP contribution < -0.4 is 9.62 Å². The molecule has 1 fully saturated rings. The minimum atomic E-state index is -3.74. The molecule has 0 spiro atoms. The number of piperidine rings is 1. The van der Waals surface area contributed by atoms with Gasteiger partial charge in [-0.05, 0) is 44.7 Å². The van der Waals surface area contributed by atoms with E-state index >= 15 is 0 Å². The maximum Gasteiger partial charge on any atom is 0.293 e. The van der Waals surface area contributed by atoms with Crippen molar-refractivity contribution in [3.8, 4) is 0 Å². The first kappa shape index (κ1) is 17.7. The molecule has 0 bridgehead atoms. The van der Waals surface area contributed by atoms with Crippen molar-refractivity contribution in [2.45, 2.75) is 44.6 Å². The molecule has 1 aliphatic rings. The van der Waals surface area contributed by atoms with Crippen molar-refractivity contribution in [3.05, 3.63) is 28.3 Å². The molecule has 0 radical (unpaired) electrons. The van der Waals surface area contributed by atoms with Gasteiger partial charge in [-0.3, -0.25) is 10.1 Å². The summed E-state index contributed by atoms with van der Waals surface area (Å²) in [5.41, 5.74) is 0.330. The molecule has 0 atom stereocenters. The third-order valence-electron chi connectivity index (χ3n) is 3.97. The number of benzene rings is 1. The summed E-state index contributed by atoms with van der Waals surface area (Å²) < 4.78 is 26.8. The number of hydrogen-bond acceptors (Lipinski definition) is 5. The molecule has 0 amide bonds. The zero-order valence-electron chi connectivity index (χ0n) is 13.7. The molecule has 0 unspecified atom stereocenters. The van der Waals surface area contributed by atoms with Crippen molar-refractivity contribution in [3.63, 3.8) is 0 Å². The van der Waals surface area contributed by atoms with Gasteiger partial charge in [-0.15, -0.1) is 0 Å². The molecule has 0 saturated carbocycles. The van der Waals surface area contributed by atoms with Crippen LogP contribution in [-0.4, -0.2) is 32.5 Å². The molecule has 8 heteroatoms. The molecule has 1 aromatic rings. The molecule has 1 N–H and O–H groups in total. The van der Waals surface area contributed by atoms with Crippen LogP contribution in [0.4, 0.5) is 11.4 Å². The predicted octanol–water partition coefficient (Wildman–Crippen LogP) is 2.52. The smallest absolute Gasteiger partial charge is 0.293 e. The van der Waals surface area contributed by atoms with Gasteiger partial charge >= 0.3 is 0 Å². The highest BCUT2D eigenvalue weighted by molar-refractivity contribution is 7.89. The molecule has 0 aliphatic carbocycles. The van der Waals surface area contributed by atoms with E-state index in [0.717, 1.165) is 32.0 Å². The predicted molar refractivity (Wildman–Crippen MR) is 89.2 cm³/mol. The number of nitro groups is 1. The van der Waals surface area contributed by atoms with Crippen molar-refractivity contribution in [1.82, 2.24) is 4.72 Å². The van der Waals surface area contributed by atoms with Crippen LogP contribution in [0.15, 0.2) is 23.1 Å². The number of sulfonamides is 1. The molecule has 0 aromatic heterocycles. The zero-order valence-corrected chi connectivity index (χ0v) is 14.5. The van der Waals surface area contributed by atoms with Gasteiger partial charge in [0.25, 0.3) is 5.69 Å². The molecular weight excluding hydrogens is 318 g/mol. The molecule has 1 aromatic carbocycles. The number of hydrogen-bond donors (Lipinski definition) is 1. The standard InChI is InChI=1S/C15H23N3O4S/c1-11(2)16-23(21,22)13-4-5-14(15(10-13)18(19)20)17-8-6-12(3)7-9-17/h4-5,10-12,16H,6-9H2,1-3H3. The molecular formula is C15H23N3O4S. The van der Waals surface area contributed by atoms with Crippen molar-refractivity contribution in [2.75, 3.05) is 18.0 Å². The molecule has 128 valence electrons. The van der Waals surface area contributed by atoms with E-state index in [1.165, 1.54) is 6.07 Å². The van der Waals surface area contributed by atoms with Gasteiger partial charge in [-0.25, -0.2) is 13.1 Å². The molecule has 1 aliphatic heterocycles. The Hall–Kier alpha value is -1.67. The maximum atomic E-state index is 12.2. The average molecular weight is 341 g/mol. The summed E-state index contributed by atoms with van der Waals surface area (Å²) in [5.74, 6) is 0.611. The Kier molecular flexibility index (Phi) is 5.26. The van der Waals surface area contributed by atoms with Crippen LogP contribution in [0.2, 0.25) is 0 Å². The van der Waals surface area contributed by atoms with Crippen LogP contribution in [0.5, 0.6) is 0 Å². The Morgan fingerprint density at radius 1 is 1.30 bits per heavy atom. The Labute approximate surface area is 136 Å². The fourth-order valence-electron chi connectivity index (χ4n) is 2.71. The number of nitro benzene ring substituents is 1. The van der Waals surface area contributed by atoms with Gasteiger partial charge in [0, 0.05) is 25.2 Å². The van der Waals surface area contributed by atoms with Crippen LogP contribution in [0.3, 0.4) is 0 Å². The highest BCUT2D eigenvalue weighted by Crippen LogP contribution is 2.33. The van der Waals surface area contributed by atoms with E-state index in [9.17, 15) is 18.5 Å². The van der Waals surface area contributed by atoms with Crippen molar-refractivity contribution >= 4 is 21.4 Å². The Balaban J connectivity index is 2.38. The van der Waals surface area contributed by atoms with Gasteiger partial charge in [-0.1, -0.05) is 6.92 Å². The summed E-state index contributed by atoms with van der Waals surface area (Å²) in [7, 11) is -3.74. The van der Waals surface area contributed by atoms with Crippen LogP contribution >= 0.6 is 0 Å². The first-order valence-corrected chi connectivity index (χ1v) is 9.24. The second kappa shape index (κ2) is 6.84. The third-order valence-corrected chi connectivity index (χ3v) is 5.63. The lowest BCUT2D eigenvalue weighted by Crippen LogP contribution is -2.33. The van der Waals surface area contributed by atoms with Crippen LogP contribution in [0.25, 0.3) is 0 Å². The van der Waals surface area contributed by atoms with Crippen LogP contribution in [0.1, 0.15) is 33.6 Å². The molecule has 7 nitrogen and oxygen atoms in total. The average Bonchev–Trinajstić information content (AvgIpc) is 2.46. The molecule has 1 saturated heterocycles. The highest BCUT2D eigenvalue weighted by Gasteiger charge is 2.26. The van der Waals surface area contributed by atoms with Crippen LogP contribution in [-0.2, 0) is 10.0 Å². The minimum absolute atomic E-state index is 0.0768. The van der Waals surface area contributed by atoms with Crippen molar-refractivity contribution < 1.29 is 13.3 Å². The molecule has 23 heavy (non-hydrogen) atoms. The lowest BCUT2D eigenvalue weighted by atomic mass is 9.98. The van der Waals surface area contributed by atoms with Gasteiger partial charge in [-0.2, -0.15) is 0 Å². The first-order valence-electron chi connectivity index (χ1n) is 7.76. The van der Waals surface area contributed by atoms with Gasteiger partial charge in [0.15, 0.2) is 0 Å². The van der Waals surface area contributed by atoms with Gasteiger partial charge < -0.3 is 4.90 Å². The highest BCUT2D eigenvalue weighted by atomic mass is 32.2. The van der Waals surface area contributed by atoms with E-state index in [2.05, 4.69) is 11.6 Å². The third kappa shape index (κ3) is 4.20. The van der Waals surface area contributed by atoms with Crippen molar-refractivity contribution in [1.29, 1.82) is 0 Å². The fraction of sp³-hybridized carbons (Fsp3) is 0.600. The van der Waals surface area contributed by atoms with E-state index in [-0.39, 0.29) is 16.6 Å². The van der Waals surface area contributed by atoms with Gasteiger partial charge in [0.2, 0.25) is 10.0 Å². The lowest BCUT2D eigenvalue weighted by Gasteiger charge is -2.31.